The highest BCUT2D eigenvalue weighted by atomic mass is 16.5. The van der Waals surface area contributed by atoms with Crippen LogP contribution in [0.4, 0.5) is 0 Å². The van der Waals surface area contributed by atoms with Gasteiger partial charge in [-0.3, -0.25) is 9.59 Å². The third-order valence-corrected chi connectivity index (χ3v) is 1.59. The van der Waals surface area contributed by atoms with Crippen LogP contribution >= 0.6 is 0 Å². The van der Waals surface area contributed by atoms with Gasteiger partial charge in [-0.05, 0) is 13.3 Å². The molecule has 1 unspecified atom stereocenters. The molecular weight excluding hydrogens is 184 g/mol. The largest absolute Gasteiger partial charge is 0.465 e. The van der Waals surface area contributed by atoms with Crippen LogP contribution in [0.25, 0.3) is 0 Å². The van der Waals surface area contributed by atoms with Crippen molar-refractivity contribution in [2.24, 2.45) is 5.92 Å². The number of amides is 1. The third kappa shape index (κ3) is 4.45. The van der Waals surface area contributed by atoms with Crippen molar-refractivity contribution in [3.8, 4) is 6.07 Å². The minimum atomic E-state index is -0.690. The lowest BCUT2D eigenvalue weighted by atomic mass is 10.1. The summed E-state index contributed by atoms with van der Waals surface area (Å²) in [5.74, 6) is -1.61. The number of rotatable bonds is 5. The maximum atomic E-state index is 11.2. The van der Waals surface area contributed by atoms with E-state index < -0.39 is 17.8 Å². The topological polar surface area (TPSA) is 79.2 Å². The Balaban J connectivity index is 3.85. The number of nitriles is 1. The van der Waals surface area contributed by atoms with Gasteiger partial charge >= 0.3 is 5.97 Å². The van der Waals surface area contributed by atoms with Crippen molar-refractivity contribution in [2.45, 2.75) is 20.3 Å². The summed E-state index contributed by atoms with van der Waals surface area (Å²) in [6, 6.07) is 1.84. The molecule has 5 heteroatoms. The van der Waals surface area contributed by atoms with E-state index in [0.717, 1.165) is 0 Å². The maximum absolute atomic E-state index is 11.2. The number of hydrogen-bond acceptors (Lipinski definition) is 4. The molecule has 5 nitrogen and oxygen atoms in total. The molecule has 0 aromatic carbocycles. The highest BCUT2D eigenvalue weighted by molar-refractivity contribution is 5.85. The van der Waals surface area contributed by atoms with Gasteiger partial charge in [-0.25, -0.2) is 0 Å². The number of esters is 1. The normalized spacial score (nSPS) is 11.2. The van der Waals surface area contributed by atoms with Gasteiger partial charge in [0.1, 0.15) is 12.5 Å². The summed E-state index contributed by atoms with van der Waals surface area (Å²) >= 11 is 0. The van der Waals surface area contributed by atoms with Crippen LogP contribution in [0.2, 0.25) is 0 Å². The molecule has 0 aliphatic heterocycles. The molecule has 0 radical (unpaired) electrons. The summed E-state index contributed by atoms with van der Waals surface area (Å²) in [5, 5.41) is 10.9. The van der Waals surface area contributed by atoms with Crippen molar-refractivity contribution in [3.63, 3.8) is 0 Å². The summed E-state index contributed by atoms with van der Waals surface area (Å²) in [6.45, 7) is 3.52. The molecule has 0 aliphatic rings. The van der Waals surface area contributed by atoms with Crippen molar-refractivity contribution in [2.75, 3.05) is 13.2 Å². The first kappa shape index (κ1) is 12.4. The second-order valence-corrected chi connectivity index (χ2v) is 2.61. The van der Waals surface area contributed by atoms with E-state index in [1.165, 1.54) is 0 Å². The van der Waals surface area contributed by atoms with Gasteiger partial charge in [0, 0.05) is 0 Å². The average Bonchev–Trinajstić information content (AvgIpc) is 2.17. The maximum Gasteiger partial charge on any atom is 0.325 e. The molecule has 0 aromatic heterocycles. The van der Waals surface area contributed by atoms with Crippen LogP contribution in [-0.2, 0) is 14.3 Å². The van der Waals surface area contributed by atoms with Gasteiger partial charge in [-0.15, -0.1) is 0 Å². The molecule has 0 aliphatic carbocycles. The molecule has 0 spiro atoms. The Morgan fingerprint density at radius 1 is 1.50 bits per heavy atom. The third-order valence-electron chi connectivity index (χ3n) is 1.59. The zero-order valence-electron chi connectivity index (χ0n) is 8.37. The van der Waals surface area contributed by atoms with Crippen molar-refractivity contribution in [1.29, 1.82) is 5.26 Å². The van der Waals surface area contributed by atoms with Crippen LogP contribution in [0.3, 0.4) is 0 Å². The fraction of sp³-hybridized carbons (Fsp3) is 0.667. The van der Waals surface area contributed by atoms with Crippen molar-refractivity contribution in [3.05, 3.63) is 0 Å². The highest BCUT2D eigenvalue weighted by Gasteiger charge is 2.15. The van der Waals surface area contributed by atoms with Crippen LogP contribution in [0, 0.1) is 17.2 Å². The quantitative estimate of drug-likeness (QED) is 0.641. The smallest absolute Gasteiger partial charge is 0.325 e. The SMILES string of the molecule is CCOC(=O)CNC(=O)C(C#N)CC. The molecule has 0 fully saturated rings. The molecule has 0 aromatic rings. The Bertz CT molecular complexity index is 245. The van der Waals surface area contributed by atoms with Crippen molar-refractivity contribution >= 4 is 11.9 Å². The Morgan fingerprint density at radius 2 is 2.14 bits per heavy atom. The molecule has 1 N–H and O–H groups in total. The number of carbonyl (C=O) groups is 2. The molecular formula is C9H14N2O3. The van der Waals surface area contributed by atoms with Crippen LogP contribution in [0.1, 0.15) is 20.3 Å². The van der Waals surface area contributed by atoms with Gasteiger partial charge in [0.05, 0.1) is 12.7 Å². The number of nitrogens with one attached hydrogen (secondary N) is 1. The molecule has 0 rings (SSSR count). The average molecular weight is 198 g/mol. The van der Waals surface area contributed by atoms with E-state index in [-0.39, 0.29) is 13.2 Å². The van der Waals surface area contributed by atoms with Gasteiger partial charge in [0.15, 0.2) is 0 Å². The van der Waals surface area contributed by atoms with E-state index >= 15 is 0 Å². The Hall–Kier alpha value is -1.57. The lowest BCUT2D eigenvalue weighted by Crippen LogP contribution is -2.34. The molecule has 1 amide bonds. The minimum Gasteiger partial charge on any atom is -0.465 e. The molecule has 0 saturated heterocycles. The lowest BCUT2D eigenvalue weighted by Gasteiger charge is -2.07. The number of nitrogens with zero attached hydrogens (tertiary/aromatic N) is 1. The van der Waals surface area contributed by atoms with Crippen LogP contribution in [0.5, 0.6) is 0 Å². The zero-order chi connectivity index (χ0) is 11.0. The fourth-order valence-electron chi connectivity index (χ4n) is 0.830. The predicted molar refractivity (Wildman–Crippen MR) is 49.0 cm³/mol. The Labute approximate surface area is 83.0 Å². The van der Waals surface area contributed by atoms with E-state index in [1.54, 1.807) is 13.8 Å². The van der Waals surface area contributed by atoms with Gasteiger partial charge in [0.2, 0.25) is 5.91 Å². The summed E-state index contributed by atoms with van der Waals surface area (Å²) in [5.41, 5.74) is 0. The summed E-state index contributed by atoms with van der Waals surface area (Å²) in [4.78, 5) is 22.0. The van der Waals surface area contributed by atoms with Crippen LogP contribution in [-0.4, -0.2) is 25.0 Å². The van der Waals surface area contributed by atoms with Crippen molar-refractivity contribution in [1.82, 2.24) is 5.32 Å². The van der Waals surface area contributed by atoms with E-state index in [2.05, 4.69) is 10.1 Å². The highest BCUT2D eigenvalue weighted by Crippen LogP contribution is 1.99. The summed E-state index contributed by atoms with van der Waals surface area (Å²) in [7, 11) is 0. The van der Waals surface area contributed by atoms with E-state index in [4.69, 9.17) is 5.26 Å². The molecule has 0 bridgehead atoms. The lowest BCUT2D eigenvalue weighted by molar-refractivity contribution is -0.143. The van der Waals surface area contributed by atoms with E-state index in [0.29, 0.717) is 6.42 Å². The van der Waals surface area contributed by atoms with Crippen LogP contribution < -0.4 is 5.32 Å². The Kier molecular flexibility index (Phi) is 6.12. The van der Waals surface area contributed by atoms with Gasteiger partial charge in [-0.2, -0.15) is 5.26 Å². The first-order valence-corrected chi connectivity index (χ1v) is 4.48. The standard InChI is InChI=1S/C9H14N2O3/c1-3-7(5-10)9(13)11-6-8(12)14-4-2/h7H,3-4,6H2,1-2H3,(H,11,13). The minimum absolute atomic E-state index is 0.176. The van der Waals surface area contributed by atoms with Gasteiger partial charge in [0.25, 0.3) is 0 Å². The number of ether oxygens (including phenoxy) is 1. The molecule has 0 saturated carbocycles. The number of hydrogen-bond donors (Lipinski definition) is 1. The molecule has 1 atom stereocenters. The first-order valence-electron chi connectivity index (χ1n) is 4.48. The fourth-order valence-corrected chi connectivity index (χ4v) is 0.830. The van der Waals surface area contributed by atoms with Gasteiger partial charge in [-0.1, -0.05) is 6.92 Å². The molecule has 78 valence electrons. The first-order chi connectivity index (χ1) is 6.65. The van der Waals surface area contributed by atoms with Gasteiger partial charge < -0.3 is 10.1 Å². The van der Waals surface area contributed by atoms with Crippen LogP contribution in [0.15, 0.2) is 0 Å². The monoisotopic (exact) mass is 198 g/mol. The summed E-state index contributed by atoms with van der Waals surface area (Å²) < 4.78 is 4.60. The Morgan fingerprint density at radius 3 is 2.57 bits per heavy atom. The molecule has 0 heterocycles. The van der Waals surface area contributed by atoms with E-state index in [1.807, 2.05) is 6.07 Å². The molecule has 14 heavy (non-hydrogen) atoms. The predicted octanol–water partition coefficient (Wildman–Crippen LogP) is 0.215. The summed E-state index contributed by atoms with van der Waals surface area (Å²) in [6.07, 6.45) is 0.436. The van der Waals surface area contributed by atoms with E-state index in [9.17, 15) is 9.59 Å². The second kappa shape index (κ2) is 6.89. The van der Waals surface area contributed by atoms with Crippen molar-refractivity contribution < 1.29 is 14.3 Å². The zero-order valence-corrected chi connectivity index (χ0v) is 8.37. The second-order valence-electron chi connectivity index (χ2n) is 2.61. The number of carbonyl (C=O) groups excluding carboxylic acids is 2.